The smallest absolute Gasteiger partial charge is 0.226 e. The summed E-state index contributed by atoms with van der Waals surface area (Å²) in [6, 6.07) is 12.6. The lowest BCUT2D eigenvalue weighted by Crippen LogP contribution is -2.32. The second-order valence-electron chi connectivity index (χ2n) is 5.60. The number of hydrogen-bond donors (Lipinski definition) is 1. The van der Waals surface area contributed by atoms with E-state index in [1.807, 2.05) is 31.2 Å². The number of para-hydroxylation sites is 1. The minimum atomic E-state index is -0.222. The molecule has 2 aromatic carbocycles. The van der Waals surface area contributed by atoms with Crippen molar-refractivity contribution in [2.75, 3.05) is 23.9 Å². The monoisotopic (exact) mass is 360 g/mol. The molecule has 25 heavy (non-hydrogen) atoms. The van der Waals surface area contributed by atoms with E-state index in [0.717, 1.165) is 11.3 Å². The normalized spacial score (nSPS) is 10.2. The molecule has 0 heterocycles. The fraction of sp³-hybridized carbons (Fsp3) is 0.263. The number of benzene rings is 2. The van der Waals surface area contributed by atoms with Crippen LogP contribution in [-0.2, 0) is 9.59 Å². The molecule has 0 saturated carbocycles. The second-order valence-corrected chi connectivity index (χ2v) is 6.04. The van der Waals surface area contributed by atoms with Crippen molar-refractivity contribution in [1.82, 2.24) is 0 Å². The van der Waals surface area contributed by atoms with E-state index in [0.29, 0.717) is 16.5 Å². The van der Waals surface area contributed by atoms with Crippen LogP contribution in [0, 0.1) is 6.92 Å². The summed E-state index contributed by atoms with van der Waals surface area (Å²) in [6.45, 7) is 3.71. The predicted octanol–water partition coefficient (Wildman–Crippen LogP) is 4.04. The van der Waals surface area contributed by atoms with Crippen molar-refractivity contribution in [2.45, 2.75) is 20.3 Å². The van der Waals surface area contributed by atoms with E-state index in [4.69, 9.17) is 16.3 Å². The van der Waals surface area contributed by atoms with E-state index in [-0.39, 0.29) is 24.8 Å². The maximum atomic E-state index is 12.3. The number of carbonyl (C=O) groups excluding carboxylic acids is 2. The molecule has 0 aliphatic carbocycles. The molecule has 0 unspecified atom stereocenters. The zero-order valence-corrected chi connectivity index (χ0v) is 15.3. The van der Waals surface area contributed by atoms with Gasteiger partial charge in [0.2, 0.25) is 11.8 Å². The molecule has 0 atom stereocenters. The molecule has 0 aliphatic heterocycles. The summed E-state index contributed by atoms with van der Waals surface area (Å²) < 4.78 is 5.21. The molecule has 0 radical (unpaired) electrons. The standard InChI is InChI=1S/C19H21ClN2O3/c1-13-6-4-5-7-17(13)22(14(2)23)11-10-19(24)21-16-12-15(20)8-9-18(16)25-3/h4-9,12H,10-11H2,1-3H3,(H,21,24). The van der Waals surface area contributed by atoms with Crippen molar-refractivity contribution in [3.8, 4) is 5.75 Å². The molecule has 132 valence electrons. The van der Waals surface area contributed by atoms with Gasteiger partial charge in [0.05, 0.1) is 12.8 Å². The molecule has 6 heteroatoms. The maximum absolute atomic E-state index is 12.3. The molecular formula is C19H21ClN2O3. The molecule has 2 amide bonds. The van der Waals surface area contributed by atoms with Gasteiger partial charge in [0, 0.05) is 30.6 Å². The van der Waals surface area contributed by atoms with Crippen molar-refractivity contribution in [2.24, 2.45) is 0 Å². The van der Waals surface area contributed by atoms with Crippen LogP contribution in [0.5, 0.6) is 5.75 Å². The number of halogens is 1. The molecule has 0 bridgehead atoms. The van der Waals surface area contributed by atoms with Crippen molar-refractivity contribution < 1.29 is 14.3 Å². The third-order valence-electron chi connectivity index (χ3n) is 3.78. The van der Waals surface area contributed by atoms with Crippen LogP contribution in [0.2, 0.25) is 5.02 Å². The van der Waals surface area contributed by atoms with E-state index in [1.165, 1.54) is 14.0 Å². The molecule has 2 rings (SSSR count). The number of nitrogens with zero attached hydrogens (tertiary/aromatic N) is 1. The van der Waals surface area contributed by atoms with Crippen LogP contribution in [0.3, 0.4) is 0 Å². The Morgan fingerprint density at radius 2 is 1.92 bits per heavy atom. The minimum absolute atomic E-state index is 0.109. The zero-order chi connectivity index (χ0) is 18.4. The van der Waals surface area contributed by atoms with Crippen molar-refractivity contribution in [1.29, 1.82) is 0 Å². The van der Waals surface area contributed by atoms with E-state index >= 15 is 0 Å². The summed E-state index contributed by atoms with van der Waals surface area (Å²) >= 11 is 5.96. The Hall–Kier alpha value is -2.53. The predicted molar refractivity (Wildman–Crippen MR) is 100 cm³/mol. The van der Waals surface area contributed by atoms with E-state index in [2.05, 4.69) is 5.32 Å². The average molecular weight is 361 g/mol. The molecule has 0 spiro atoms. The number of rotatable bonds is 6. The van der Waals surface area contributed by atoms with Crippen LogP contribution in [0.1, 0.15) is 18.9 Å². The topological polar surface area (TPSA) is 58.6 Å². The summed E-state index contributed by atoms with van der Waals surface area (Å²) in [7, 11) is 1.52. The first-order chi connectivity index (χ1) is 11.9. The number of amides is 2. The maximum Gasteiger partial charge on any atom is 0.226 e. The Labute approximate surface area is 152 Å². The van der Waals surface area contributed by atoms with Gasteiger partial charge in [-0.1, -0.05) is 29.8 Å². The number of methoxy groups -OCH3 is 1. The summed E-state index contributed by atoms with van der Waals surface area (Å²) in [4.78, 5) is 25.9. The molecule has 2 aromatic rings. The largest absolute Gasteiger partial charge is 0.495 e. The van der Waals surface area contributed by atoms with Crippen LogP contribution in [-0.4, -0.2) is 25.5 Å². The Kier molecular flexibility index (Phi) is 6.42. The van der Waals surface area contributed by atoms with E-state index in [9.17, 15) is 9.59 Å². The highest BCUT2D eigenvalue weighted by molar-refractivity contribution is 6.31. The lowest BCUT2D eigenvalue weighted by molar-refractivity contribution is -0.117. The third-order valence-corrected chi connectivity index (χ3v) is 4.02. The van der Waals surface area contributed by atoms with Crippen LogP contribution in [0.4, 0.5) is 11.4 Å². The molecule has 0 fully saturated rings. The van der Waals surface area contributed by atoms with Gasteiger partial charge in [0.15, 0.2) is 0 Å². The Bertz CT molecular complexity index is 777. The van der Waals surface area contributed by atoms with Gasteiger partial charge in [-0.15, -0.1) is 0 Å². The first kappa shape index (κ1) is 18.8. The quantitative estimate of drug-likeness (QED) is 0.845. The average Bonchev–Trinajstić information content (AvgIpc) is 2.56. The highest BCUT2D eigenvalue weighted by Crippen LogP contribution is 2.28. The lowest BCUT2D eigenvalue weighted by Gasteiger charge is -2.23. The van der Waals surface area contributed by atoms with Gasteiger partial charge in [-0.25, -0.2) is 0 Å². The van der Waals surface area contributed by atoms with Gasteiger partial charge in [0.1, 0.15) is 5.75 Å². The van der Waals surface area contributed by atoms with Crippen LogP contribution in [0.15, 0.2) is 42.5 Å². The van der Waals surface area contributed by atoms with Gasteiger partial charge in [-0.05, 0) is 36.8 Å². The van der Waals surface area contributed by atoms with E-state index < -0.39 is 0 Å². The Morgan fingerprint density at radius 3 is 2.56 bits per heavy atom. The first-order valence-electron chi connectivity index (χ1n) is 7.89. The number of nitrogens with one attached hydrogen (secondary N) is 1. The van der Waals surface area contributed by atoms with E-state index in [1.54, 1.807) is 23.1 Å². The highest BCUT2D eigenvalue weighted by Gasteiger charge is 2.16. The SMILES string of the molecule is COc1ccc(Cl)cc1NC(=O)CCN(C(C)=O)c1ccccc1C. The van der Waals surface area contributed by atoms with Gasteiger partial charge >= 0.3 is 0 Å². The lowest BCUT2D eigenvalue weighted by atomic mass is 10.1. The first-order valence-corrected chi connectivity index (χ1v) is 8.27. The third kappa shape index (κ3) is 4.97. The molecule has 0 saturated heterocycles. The molecule has 0 aromatic heterocycles. The van der Waals surface area contributed by atoms with Crippen molar-refractivity contribution in [3.05, 3.63) is 53.1 Å². The molecule has 0 aliphatic rings. The summed E-state index contributed by atoms with van der Waals surface area (Å²) in [6.07, 6.45) is 0.156. The number of anilines is 2. The molecular weight excluding hydrogens is 340 g/mol. The van der Waals surface area contributed by atoms with Crippen molar-refractivity contribution in [3.63, 3.8) is 0 Å². The number of carbonyl (C=O) groups is 2. The van der Waals surface area contributed by atoms with Crippen LogP contribution >= 0.6 is 11.6 Å². The summed E-state index contributed by atoms with van der Waals surface area (Å²) in [5, 5.41) is 3.28. The van der Waals surface area contributed by atoms with Gasteiger partial charge in [-0.3, -0.25) is 9.59 Å². The number of hydrogen-bond acceptors (Lipinski definition) is 3. The minimum Gasteiger partial charge on any atom is -0.495 e. The number of aryl methyl sites for hydroxylation is 1. The molecule has 5 nitrogen and oxygen atoms in total. The van der Waals surface area contributed by atoms with Crippen molar-refractivity contribution >= 4 is 34.8 Å². The highest BCUT2D eigenvalue weighted by atomic mass is 35.5. The second kappa shape index (κ2) is 8.53. The fourth-order valence-corrected chi connectivity index (χ4v) is 2.69. The van der Waals surface area contributed by atoms with Crippen LogP contribution < -0.4 is 15.0 Å². The summed E-state index contributed by atoms with van der Waals surface area (Å²) in [5.74, 6) is 0.197. The van der Waals surface area contributed by atoms with Gasteiger partial charge in [-0.2, -0.15) is 0 Å². The Morgan fingerprint density at radius 1 is 1.20 bits per heavy atom. The van der Waals surface area contributed by atoms with Gasteiger partial charge in [0.25, 0.3) is 0 Å². The summed E-state index contributed by atoms with van der Waals surface area (Å²) in [5.41, 5.74) is 2.29. The van der Waals surface area contributed by atoms with Crippen LogP contribution in [0.25, 0.3) is 0 Å². The fourth-order valence-electron chi connectivity index (χ4n) is 2.52. The van der Waals surface area contributed by atoms with Gasteiger partial charge < -0.3 is 15.0 Å². The Balaban J connectivity index is 2.06. The zero-order valence-electron chi connectivity index (χ0n) is 14.5. The molecule has 1 N–H and O–H groups in total. The number of ether oxygens (including phenoxy) is 1.